The van der Waals surface area contributed by atoms with Gasteiger partial charge >= 0.3 is 11.7 Å². The number of anilines is 1. The van der Waals surface area contributed by atoms with Gasteiger partial charge < -0.3 is 15.2 Å². The highest BCUT2D eigenvalue weighted by atomic mass is 35.5. The summed E-state index contributed by atoms with van der Waals surface area (Å²) in [5.41, 5.74) is -1.04. The Morgan fingerprint density at radius 1 is 1.31 bits per heavy atom. The molecular weight excluding hydrogens is 371 g/mol. The topological polar surface area (TPSA) is 119 Å². The quantitative estimate of drug-likeness (QED) is 0.465. The average Bonchev–Trinajstić information content (AvgIpc) is 2.55. The molecule has 0 saturated carbocycles. The number of phenols is 1. The number of nitrogens with one attached hydrogen (secondary N) is 1. The third-order valence-electron chi connectivity index (χ3n) is 3.24. The van der Waals surface area contributed by atoms with Crippen LogP contribution in [0.5, 0.6) is 5.75 Å². The van der Waals surface area contributed by atoms with Crippen LogP contribution in [0.15, 0.2) is 36.4 Å². The van der Waals surface area contributed by atoms with Crippen molar-refractivity contribution in [3.8, 4) is 5.75 Å². The van der Waals surface area contributed by atoms with E-state index in [0.717, 1.165) is 24.3 Å². The maximum Gasteiger partial charge on any atom is 0.342 e. The summed E-state index contributed by atoms with van der Waals surface area (Å²) in [5.74, 6) is -3.23. The van der Waals surface area contributed by atoms with Crippen molar-refractivity contribution in [3.05, 3.63) is 62.9 Å². The summed E-state index contributed by atoms with van der Waals surface area (Å²) in [6, 6.07) is 6.53. The highest BCUT2D eigenvalue weighted by Gasteiger charge is 2.22. The second-order valence-electron chi connectivity index (χ2n) is 5.12. The molecule has 0 radical (unpaired) electrons. The van der Waals surface area contributed by atoms with Crippen LogP contribution < -0.4 is 5.32 Å². The van der Waals surface area contributed by atoms with Crippen molar-refractivity contribution in [1.82, 2.24) is 0 Å². The van der Waals surface area contributed by atoms with Crippen molar-refractivity contribution in [1.29, 1.82) is 0 Å². The lowest BCUT2D eigenvalue weighted by atomic mass is 10.2. The molecule has 2 N–H and O–H groups in total. The number of amides is 1. The van der Waals surface area contributed by atoms with Gasteiger partial charge in [-0.15, -0.1) is 0 Å². The first-order chi connectivity index (χ1) is 12.2. The summed E-state index contributed by atoms with van der Waals surface area (Å²) in [6.45, 7) is 1.26. The van der Waals surface area contributed by atoms with Gasteiger partial charge in [-0.2, -0.15) is 4.39 Å². The molecule has 8 nitrogen and oxygen atoms in total. The zero-order chi connectivity index (χ0) is 19.4. The molecule has 2 rings (SSSR count). The molecule has 2 aromatic rings. The number of ether oxygens (including phenoxy) is 1. The third kappa shape index (κ3) is 4.45. The smallest absolute Gasteiger partial charge is 0.342 e. The molecule has 0 spiro atoms. The Balaban J connectivity index is 2.07. The first-order valence-corrected chi connectivity index (χ1v) is 7.51. The number of carbonyl (C=O) groups excluding carboxylic acids is 2. The van der Waals surface area contributed by atoms with Crippen LogP contribution in [0.3, 0.4) is 0 Å². The Hall–Kier alpha value is -3.20. The minimum Gasteiger partial charge on any atom is -0.507 e. The normalized spacial score (nSPS) is 11.5. The number of benzene rings is 2. The number of nitrogens with zero attached hydrogens (tertiary/aromatic N) is 1. The van der Waals surface area contributed by atoms with E-state index in [1.807, 2.05) is 0 Å². The van der Waals surface area contributed by atoms with Gasteiger partial charge in [-0.25, -0.2) is 4.79 Å². The number of nitro benzene ring substituents is 1. The van der Waals surface area contributed by atoms with Gasteiger partial charge in [0, 0.05) is 16.8 Å². The molecule has 1 atom stereocenters. The molecule has 0 aromatic heterocycles. The van der Waals surface area contributed by atoms with Crippen LogP contribution in [0.1, 0.15) is 17.3 Å². The van der Waals surface area contributed by atoms with Gasteiger partial charge in [-0.05, 0) is 37.3 Å². The van der Waals surface area contributed by atoms with Crippen LogP contribution in [0.2, 0.25) is 5.02 Å². The SMILES string of the molecule is C[C@@H](OC(=O)c1ccc(Cl)cc1O)C(=O)Nc1ccc(F)c([N+](=O)[O-])c1. The summed E-state index contributed by atoms with van der Waals surface area (Å²) in [4.78, 5) is 33.8. The van der Waals surface area contributed by atoms with Gasteiger partial charge in [0.15, 0.2) is 6.10 Å². The number of hydrogen-bond donors (Lipinski definition) is 2. The third-order valence-corrected chi connectivity index (χ3v) is 3.48. The van der Waals surface area contributed by atoms with Crippen molar-refractivity contribution in [2.75, 3.05) is 5.32 Å². The van der Waals surface area contributed by atoms with Crippen LogP contribution in [0.4, 0.5) is 15.8 Å². The van der Waals surface area contributed by atoms with Crippen LogP contribution >= 0.6 is 11.6 Å². The molecule has 0 aliphatic heterocycles. The van der Waals surface area contributed by atoms with Gasteiger partial charge in [0.2, 0.25) is 5.82 Å². The molecule has 10 heteroatoms. The second-order valence-corrected chi connectivity index (χ2v) is 5.56. The van der Waals surface area contributed by atoms with Crippen LogP contribution in [0, 0.1) is 15.9 Å². The number of hydrogen-bond acceptors (Lipinski definition) is 6. The number of carbonyl (C=O) groups is 2. The number of phenolic OH excluding ortho intramolecular Hbond substituents is 1. The zero-order valence-corrected chi connectivity index (χ0v) is 14.0. The largest absolute Gasteiger partial charge is 0.507 e. The fourth-order valence-electron chi connectivity index (χ4n) is 1.93. The standard InChI is InChI=1S/C16H12ClFN2O6/c1-8(26-16(23)11-4-2-9(17)6-14(11)21)15(22)19-10-3-5-12(18)13(7-10)20(24)25/h2-8,21H,1H3,(H,19,22)/t8-/m1/s1. The first-order valence-electron chi connectivity index (χ1n) is 7.13. The van der Waals surface area contributed by atoms with Crippen LogP contribution in [-0.2, 0) is 9.53 Å². The summed E-state index contributed by atoms with van der Waals surface area (Å²) in [7, 11) is 0. The Morgan fingerprint density at radius 3 is 2.62 bits per heavy atom. The van der Waals surface area contributed by atoms with Gasteiger partial charge in [-0.1, -0.05) is 11.6 Å². The molecule has 0 fully saturated rings. The molecule has 2 aromatic carbocycles. The van der Waals surface area contributed by atoms with Crippen molar-refractivity contribution in [2.45, 2.75) is 13.0 Å². The van der Waals surface area contributed by atoms with Crippen molar-refractivity contribution in [2.24, 2.45) is 0 Å². The fraction of sp³-hybridized carbons (Fsp3) is 0.125. The van der Waals surface area contributed by atoms with E-state index >= 15 is 0 Å². The van der Waals surface area contributed by atoms with E-state index in [4.69, 9.17) is 16.3 Å². The molecule has 0 saturated heterocycles. The number of rotatable bonds is 5. The minimum absolute atomic E-state index is 0.0414. The number of esters is 1. The van der Waals surface area contributed by atoms with Gasteiger partial charge in [0.25, 0.3) is 5.91 Å². The molecule has 0 bridgehead atoms. The van der Waals surface area contributed by atoms with E-state index in [1.165, 1.54) is 19.1 Å². The van der Waals surface area contributed by atoms with Crippen molar-refractivity contribution < 1.29 is 28.7 Å². The zero-order valence-electron chi connectivity index (χ0n) is 13.2. The highest BCUT2D eigenvalue weighted by molar-refractivity contribution is 6.30. The van der Waals surface area contributed by atoms with E-state index in [-0.39, 0.29) is 16.3 Å². The maximum atomic E-state index is 13.3. The van der Waals surface area contributed by atoms with Crippen molar-refractivity contribution in [3.63, 3.8) is 0 Å². The molecule has 26 heavy (non-hydrogen) atoms. The van der Waals surface area contributed by atoms with Gasteiger partial charge in [0.05, 0.1) is 4.92 Å². The second kappa shape index (κ2) is 7.79. The van der Waals surface area contributed by atoms with Crippen molar-refractivity contribution >= 4 is 34.9 Å². The Bertz CT molecular complexity index is 889. The first kappa shape index (κ1) is 19.1. The minimum atomic E-state index is -1.29. The lowest BCUT2D eigenvalue weighted by molar-refractivity contribution is -0.387. The number of nitro groups is 1. The summed E-state index contributed by atoms with van der Waals surface area (Å²) < 4.78 is 18.2. The molecule has 136 valence electrons. The van der Waals surface area contributed by atoms with Crippen LogP contribution in [-0.4, -0.2) is 28.0 Å². The summed E-state index contributed by atoms with van der Waals surface area (Å²) >= 11 is 5.66. The molecule has 0 heterocycles. The number of aromatic hydroxyl groups is 1. The molecule has 1 amide bonds. The van der Waals surface area contributed by atoms with Gasteiger partial charge in [-0.3, -0.25) is 14.9 Å². The predicted octanol–water partition coefficient (Wildman–Crippen LogP) is 3.28. The molecular formula is C16H12ClFN2O6. The summed E-state index contributed by atoms with van der Waals surface area (Å²) in [6.07, 6.45) is -1.29. The lowest BCUT2D eigenvalue weighted by Crippen LogP contribution is -2.30. The average molecular weight is 383 g/mol. The maximum absolute atomic E-state index is 13.3. The Kier molecular flexibility index (Phi) is 5.73. The molecule has 0 aliphatic carbocycles. The molecule has 0 aliphatic rings. The fourth-order valence-corrected chi connectivity index (χ4v) is 2.10. The number of halogens is 2. The van der Waals surface area contributed by atoms with Crippen LogP contribution in [0.25, 0.3) is 0 Å². The van der Waals surface area contributed by atoms with E-state index < -0.39 is 40.2 Å². The van der Waals surface area contributed by atoms with Gasteiger partial charge in [0.1, 0.15) is 11.3 Å². The Morgan fingerprint density at radius 2 is 2.00 bits per heavy atom. The van der Waals surface area contributed by atoms with E-state index in [9.17, 15) is 29.2 Å². The highest BCUT2D eigenvalue weighted by Crippen LogP contribution is 2.24. The molecule has 0 unspecified atom stereocenters. The monoisotopic (exact) mass is 382 g/mol. The van der Waals surface area contributed by atoms with E-state index in [2.05, 4.69) is 5.32 Å². The predicted molar refractivity (Wildman–Crippen MR) is 89.7 cm³/mol. The Labute approximate surface area is 151 Å². The van der Waals surface area contributed by atoms with E-state index in [0.29, 0.717) is 0 Å². The van der Waals surface area contributed by atoms with E-state index in [1.54, 1.807) is 0 Å². The summed E-state index contributed by atoms with van der Waals surface area (Å²) in [5, 5.41) is 22.9. The lowest BCUT2D eigenvalue weighted by Gasteiger charge is -2.14.